The third-order valence-electron chi connectivity index (χ3n) is 7.00. The van der Waals surface area contributed by atoms with Gasteiger partial charge < -0.3 is 15.1 Å². The summed E-state index contributed by atoms with van der Waals surface area (Å²) < 4.78 is 78.4. The number of benzene rings is 2. The van der Waals surface area contributed by atoms with E-state index < -0.39 is 35.2 Å². The Kier molecular flexibility index (Phi) is 8.45. The van der Waals surface area contributed by atoms with Crippen LogP contribution in [0.4, 0.5) is 42.5 Å². The van der Waals surface area contributed by atoms with Gasteiger partial charge in [-0.1, -0.05) is 24.3 Å². The lowest BCUT2D eigenvalue weighted by molar-refractivity contribution is -0.143. The Labute approximate surface area is 223 Å². The van der Waals surface area contributed by atoms with E-state index in [1.807, 2.05) is 19.0 Å². The van der Waals surface area contributed by atoms with E-state index in [2.05, 4.69) is 51.5 Å². The monoisotopic (exact) mass is 555 g/mol. The lowest BCUT2D eigenvalue weighted by atomic mass is 10.1. The molecule has 6 nitrogen and oxygen atoms in total. The highest BCUT2D eigenvalue weighted by Gasteiger charge is 2.39. The topological polar surface area (TPSA) is 42.1 Å². The predicted octanol–water partition coefficient (Wildman–Crippen LogP) is 5.34. The number of halogens is 6. The van der Waals surface area contributed by atoms with Crippen LogP contribution in [0.25, 0.3) is 6.08 Å². The van der Waals surface area contributed by atoms with Gasteiger partial charge in [-0.25, -0.2) is 4.79 Å². The van der Waals surface area contributed by atoms with Crippen LogP contribution >= 0.6 is 0 Å². The summed E-state index contributed by atoms with van der Waals surface area (Å²) in [5, 5.41) is 2.19. The van der Waals surface area contributed by atoms with Crippen LogP contribution in [-0.4, -0.2) is 86.7 Å². The maximum atomic E-state index is 13.1. The number of nitrogens with one attached hydrogen (secondary N) is 1. The Morgan fingerprint density at radius 1 is 0.923 bits per heavy atom. The first-order chi connectivity index (χ1) is 18.3. The number of carbonyl (C=O) groups is 1. The molecule has 0 atom stereocenters. The maximum Gasteiger partial charge on any atom is 0.416 e. The zero-order valence-electron chi connectivity index (χ0n) is 21.7. The molecule has 212 valence electrons. The fourth-order valence-electron chi connectivity index (χ4n) is 4.61. The second kappa shape index (κ2) is 11.5. The summed E-state index contributed by atoms with van der Waals surface area (Å²) in [4.78, 5) is 20.5. The SMILES string of the molecule is CN(C)c1ccc(/C=C/CN2CCN(C3CN(C(=O)Nc4cc(C(F)(F)F)cc(C(F)(F)F)c4)C3)CC2)cc1. The molecule has 12 heteroatoms. The Bertz CT molecular complexity index is 1130. The van der Waals surface area contributed by atoms with E-state index in [0.717, 1.165) is 44.0 Å². The van der Waals surface area contributed by atoms with Crippen molar-refractivity contribution in [1.82, 2.24) is 14.7 Å². The minimum atomic E-state index is -4.97. The Morgan fingerprint density at radius 2 is 1.49 bits per heavy atom. The normalized spacial score (nSPS) is 17.9. The average molecular weight is 556 g/mol. The summed E-state index contributed by atoms with van der Waals surface area (Å²) in [6, 6.07) is 8.73. The summed E-state index contributed by atoms with van der Waals surface area (Å²) in [6.45, 7) is 4.88. The molecule has 0 aromatic heterocycles. The minimum absolute atomic E-state index is 0.0350. The molecule has 2 aromatic carbocycles. The smallest absolute Gasteiger partial charge is 0.378 e. The van der Waals surface area contributed by atoms with Crippen LogP contribution in [0.3, 0.4) is 0 Å². The average Bonchev–Trinajstić information content (AvgIpc) is 2.83. The fraction of sp³-hybridized carbons (Fsp3) is 0.444. The predicted molar refractivity (Wildman–Crippen MR) is 139 cm³/mol. The highest BCUT2D eigenvalue weighted by molar-refractivity contribution is 5.90. The molecule has 2 fully saturated rings. The molecule has 2 heterocycles. The molecule has 2 aliphatic rings. The molecular weight excluding hydrogens is 524 g/mol. The first-order valence-corrected chi connectivity index (χ1v) is 12.6. The van der Waals surface area contributed by atoms with Gasteiger partial charge in [0.05, 0.1) is 11.1 Å². The fourth-order valence-corrected chi connectivity index (χ4v) is 4.61. The van der Waals surface area contributed by atoms with Crippen molar-refractivity contribution in [3.05, 3.63) is 65.2 Å². The van der Waals surface area contributed by atoms with Crippen LogP contribution < -0.4 is 10.2 Å². The van der Waals surface area contributed by atoms with Crippen molar-refractivity contribution >= 4 is 23.5 Å². The van der Waals surface area contributed by atoms with Crippen molar-refractivity contribution < 1.29 is 31.1 Å². The van der Waals surface area contributed by atoms with Crippen molar-refractivity contribution in [2.75, 3.05) is 70.1 Å². The number of likely N-dealkylation sites (tertiary alicyclic amines) is 1. The first kappa shape index (κ1) is 28.8. The molecule has 39 heavy (non-hydrogen) atoms. The standard InChI is InChI=1S/C27H31F6N5O/c1-35(2)23-7-5-19(6-8-23)4-3-9-36-10-12-37(13-11-36)24-17-38(18-24)25(39)34-22-15-20(26(28,29)30)14-21(16-22)27(31,32)33/h3-8,14-16,24H,9-13,17-18H2,1-2H3,(H,34,39)/b4-3+. The molecular formula is C27H31F6N5O. The van der Waals surface area contributed by atoms with Gasteiger partial charge in [0.25, 0.3) is 0 Å². The molecule has 2 aliphatic heterocycles. The van der Waals surface area contributed by atoms with Crippen LogP contribution in [0, 0.1) is 0 Å². The van der Waals surface area contributed by atoms with Crippen molar-refractivity contribution in [1.29, 1.82) is 0 Å². The molecule has 2 saturated heterocycles. The molecule has 0 unspecified atom stereocenters. The van der Waals surface area contributed by atoms with Gasteiger partial charge in [-0.05, 0) is 35.9 Å². The van der Waals surface area contributed by atoms with E-state index in [4.69, 9.17) is 0 Å². The second-order valence-electron chi connectivity index (χ2n) is 10.0. The Balaban J connectivity index is 1.22. The van der Waals surface area contributed by atoms with Crippen molar-refractivity contribution in [3.8, 4) is 0 Å². The highest BCUT2D eigenvalue weighted by Crippen LogP contribution is 2.37. The summed E-state index contributed by atoms with van der Waals surface area (Å²) in [5.74, 6) is 0. The number of hydrogen-bond acceptors (Lipinski definition) is 4. The van der Waals surface area contributed by atoms with Gasteiger partial charge in [-0.15, -0.1) is 0 Å². The summed E-state index contributed by atoms with van der Waals surface area (Å²) in [7, 11) is 3.99. The molecule has 0 radical (unpaired) electrons. The first-order valence-electron chi connectivity index (χ1n) is 12.6. The van der Waals surface area contributed by atoms with Gasteiger partial charge >= 0.3 is 18.4 Å². The number of hydrogen-bond donors (Lipinski definition) is 1. The molecule has 0 spiro atoms. The third-order valence-corrected chi connectivity index (χ3v) is 7.00. The number of amides is 2. The Morgan fingerprint density at radius 3 is 2.00 bits per heavy atom. The van der Waals surface area contributed by atoms with Crippen LogP contribution in [-0.2, 0) is 12.4 Å². The van der Waals surface area contributed by atoms with E-state index >= 15 is 0 Å². The molecule has 1 N–H and O–H groups in total. The quantitative estimate of drug-likeness (QED) is 0.489. The summed E-state index contributed by atoms with van der Waals surface area (Å²) in [5.41, 5.74) is -1.21. The van der Waals surface area contributed by atoms with E-state index in [1.54, 1.807) is 0 Å². The largest absolute Gasteiger partial charge is 0.416 e. The number of piperazine rings is 1. The minimum Gasteiger partial charge on any atom is -0.378 e. The van der Waals surface area contributed by atoms with Crippen molar-refractivity contribution in [2.45, 2.75) is 18.4 Å². The van der Waals surface area contributed by atoms with Crippen LogP contribution in [0.2, 0.25) is 0 Å². The third kappa shape index (κ3) is 7.45. The number of anilines is 2. The van der Waals surface area contributed by atoms with Gasteiger partial charge in [0, 0.05) is 77.3 Å². The lowest BCUT2D eigenvalue weighted by Gasteiger charge is -2.47. The Hall–Kier alpha value is -3.25. The number of rotatable bonds is 6. The van der Waals surface area contributed by atoms with E-state index in [0.29, 0.717) is 25.2 Å². The highest BCUT2D eigenvalue weighted by atomic mass is 19.4. The van der Waals surface area contributed by atoms with Crippen LogP contribution in [0.5, 0.6) is 0 Å². The number of carbonyl (C=O) groups excluding carboxylic acids is 1. The van der Waals surface area contributed by atoms with E-state index in [1.165, 1.54) is 4.90 Å². The molecule has 0 saturated carbocycles. The summed E-state index contributed by atoms with van der Waals surface area (Å²) in [6.07, 6.45) is -5.72. The molecule has 2 amide bonds. The number of urea groups is 1. The zero-order chi connectivity index (χ0) is 28.4. The molecule has 0 bridgehead atoms. The molecule has 4 rings (SSSR count). The van der Waals surface area contributed by atoms with Gasteiger partial charge in [0.2, 0.25) is 0 Å². The lowest BCUT2D eigenvalue weighted by Crippen LogP contribution is -2.64. The van der Waals surface area contributed by atoms with Gasteiger partial charge in [-0.3, -0.25) is 9.80 Å². The van der Waals surface area contributed by atoms with Gasteiger partial charge in [-0.2, -0.15) is 26.3 Å². The molecule has 0 aliphatic carbocycles. The second-order valence-corrected chi connectivity index (χ2v) is 10.0. The van der Waals surface area contributed by atoms with Gasteiger partial charge in [0.15, 0.2) is 0 Å². The van der Waals surface area contributed by atoms with E-state index in [9.17, 15) is 31.1 Å². The van der Waals surface area contributed by atoms with Crippen molar-refractivity contribution in [2.24, 2.45) is 0 Å². The van der Waals surface area contributed by atoms with Crippen LogP contribution in [0.15, 0.2) is 48.5 Å². The zero-order valence-corrected chi connectivity index (χ0v) is 21.7. The van der Waals surface area contributed by atoms with Crippen LogP contribution in [0.1, 0.15) is 16.7 Å². The summed E-state index contributed by atoms with van der Waals surface area (Å²) >= 11 is 0. The number of alkyl halides is 6. The van der Waals surface area contributed by atoms with E-state index in [-0.39, 0.29) is 12.1 Å². The van der Waals surface area contributed by atoms with Gasteiger partial charge in [0.1, 0.15) is 0 Å². The maximum absolute atomic E-state index is 13.1. The molecule has 2 aromatic rings. The number of nitrogens with zero attached hydrogens (tertiary/aromatic N) is 4. The van der Waals surface area contributed by atoms with Crippen molar-refractivity contribution in [3.63, 3.8) is 0 Å².